The van der Waals surface area contributed by atoms with Crippen molar-refractivity contribution in [3.8, 4) is 5.69 Å². The third kappa shape index (κ3) is 4.14. The molecule has 2 aromatic rings. The highest BCUT2D eigenvalue weighted by Gasteiger charge is 2.41. The second kappa shape index (κ2) is 7.69. The molecule has 0 aliphatic carbocycles. The Morgan fingerprint density at radius 1 is 1.33 bits per heavy atom. The van der Waals surface area contributed by atoms with Gasteiger partial charge in [-0.05, 0) is 49.7 Å². The number of methoxy groups -OCH3 is 1. The number of nitrogens with zero attached hydrogens (tertiary/aromatic N) is 2. The zero-order chi connectivity index (χ0) is 19.5. The van der Waals surface area contributed by atoms with Crippen molar-refractivity contribution >= 4 is 11.6 Å². The Kier molecular flexibility index (Phi) is 5.52. The van der Waals surface area contributed by atoms with E-state index in [-0.39, 0.29) is 11.6 Å². The predicted octanol–water partition coefficient (Wildman–Crippen LogP) is 2.85. The minimum absolute atomic E-state index is 0.118. The zero-order valence-corrected chi connectivity index (χ0v) is 14.8. The number of alkyl halides is 3. The molecule has 0 saturated carbocycles. The lowest BCUT2D eigenvalue weighted by Gasteiger charge is -2.26. The third-order valence-corrected chi connectivity index (χ3v) is 4.81. The summed E-state index contributed by atoms with van der Waals surface area (Å²) in [4.78, 5) is 12.8. The topological polar surface area (TPSA) is 68.2 Å². The smallest absolute Gasteiger partial charge is 0.385 e. The lowest BCUT2D eigenvalue weighted by molar-refractivity contribution is -0.142. The first-order valence-corrected chi connectivity index (χ1v) is 8.58. The Hall–Kier alpha value is -2.39. The number of benzene rings is 1. The van der Waals surface area contributed by atoms with Gasteiger partial charge in [0.15, 0.2) is 0 Å². The second-order valence-electron chi connectivity index (χ2n) is 6.58. The van der Waals surface area contributed by atoms with Gasteiger partial charge in [-0.3, -0.25) is 4.79 Å². The number of halogens is 3. The molecule has 27 heavy (non-hydrogen) atoms. The van der Waals surface area contributed by atoms with E-state index in [1.165, 1.54) is 12.1 Å². The molecule has 1 aliphatic rings. The summed E-state index contributed by atoms with van der Waals surface area (Å²) in [5.74, 6) is -0.118. The molecule has 0 spiro atoms. The fourth-order valence-electron chi connectivity index (χ4n) is 3.24. The SMILES string of the molecule is COCCC1(C(=O)Nc2ccc(-n3nccc3C(F)(F)F)cc2)CCNC1. The van der Waals surface area contributed by atoms with Crippen LogP contribution in [0.25, 0.3) is 5.69 Å². The van der Waals surface area contributed by atoms with Crippen LogP contribution in [0.4, 0.5) is 18.9 Å². The number of amides is 1. The van der Waals surface area contributed by atoms with E-state index in [2.05, 4.69) is 15.7 Å². The van der Waals surface area contributed by atoms with Crippen molar-refractivity contribution in [3.63, 3.8) is 0 Å². The van der Waals surface area contributed by atoms with Crippen molar-refractivity contribution in [2.24, 2.45) is 5.41 Å². The number of rotatable bonds is 6. The van der Waals surface area contributed by atoms with Gasteiger partial charge in [-0.25, -0.2) is 4.68 Å². The molecule has 2 N–H and O–H groups in total. The lowest BCUT2D eigenvalue weighted by Crippen LogP contribution is -2.39. The number of anilines is 1. The molecule has 1 aromatic carbocycles. The Balaban J connectivity index is 1.74. The largest absolute Gasteiger partial charge is 0.433 e. The van der Waals surface area contributed by atoms with Crippen LogP contribution in [-0.2, 0) is 15.7 Å². The van der Waals surface area contributed by atoms with Crippen molar-refractivity contribution in [1.29, 1.82) is 0 Å². The Morgan fingerprint density at radius 3 is 2.67 bits per heavy atom. The summed E-state index contributed by atoms with van der Waals surface area (Å²) < 4.78 is 44.9. The Morgan fingerprint density at radius 2 is 2.07 bits per heavy atom. The van der Waals surface area contributed by atoms with Gasteiger partial charge in [0.2, 0.25) is 5.91 Å². The maximum absolute atomic E-state index is 13.0. The molecule has 1 unspecified atom stereocenters. The molecule has 6 nitrogen and oxygen atoms in total. The Bertz CT molecular complexity index is 781. The van der Waals surface area contributed by atoms with Crippen LogP contribution in [0.15, 0.2) is 36.5 Å². The summed E-state index contributed by atoms with van der Waals surface area (Å²) in [5.41, 5.74) is -0.606. The first-order chi connectivity index (χ1) is 12.9. The van der Waals surface area contributed by atoms with Crippen molar-refractivity contribution in [1.82, 2.24) is 15.1 Å². The highest BCUT2D eigenvalue weighted by molar-refractivity contribution is 5.95. The first kappa shape index (κ1) is 19.4. The van der Waals surface area contributed by atoms with Crippen LogP contribution in [-0.4, -0.2) is 42.5 Å². The Labute approximate surface area is 154 Å². The average molecular weight is 382 g/mol. The van der Waals surface area contributed by atoms with E-state index in [0.29, 0.717) is 31.7 Å². The van der Waals surface area contributed by atoms with Crippen LogP contribution in [0, 0.1) is 5.41 Å². The molecule has 9 heteroatoms. The molecule has 1 fully saturated rings. The molecule has 0 bridgehead atoms. The minimum Gasteiger partial charge on any atom is -0.385 e. The minimum atomic E-state index is -4.49. The number of aromatic nitrogens is 2. The first-order valence-electron chi connectivity index (χ1n) is 8.58. The molecule has 1 saturated heterocycles. The van der Waals surface area contributed by atoms with Gasteiger partial charge in [0, 0.05) is 25.9 Å². The molecule has 2 heterocycles. The lowest BCUT2D eigenvalue weighted by atomic mass is 9.82. The van der Waals surface area contributed by atoms with Crippen LogP contribution in [0.3, 0.4) is 0 Å². The van der Waals surface area contributed by atoms with Gasteiger partial charge < -0.3 is 15.4 Å². The van der Waals surface area contributed by atoms with E-state index in [4.69, 9.17) is 4.74 Å². The molecule has 0 radical (unpaired) electrons. The van der Waals surface area contributed by atoms with Crippen molar-refractivity contribution in [2.75, 3.05) is 32.1 Å². The normalized spacial score (nSPS) is 20.0. The van der Waals surface area contributed by atoms with Gasteiger partial charge >= 0.3 is 6.18 Å². The third-order valence-electron chi connectivity index (χ3n) is 4.81. The summed E-state index contributed by atoms with van der Waals surface area (Å²) in [6.45, 7) is 1.81. The van der Waals surface area contributed by atoms with Gasteiger partial charge in [-0.1, -0.05) is 0 Å². The number of carbonyl (C=O) groups excluding carboxylic acids is 1. The van der Waals surface area contributed by atoms with Crippen LogP contribution >= 0.6 is 0 Å². The molecule has 1 atom stereocenters. The average Bonchev–Trinajstić information content (AvgIpc) is 3.30. The van der Waals surface area contributed by atoms with E-state index in [0.717, 1.165) is 23.5 Å². The quantitative estimate of drug-likeness (QED) is 0.806. The second-order valence-corrected chi connectivity index (χ2v) is 6.58. The molecule has 1 amide bonds. The van der Waals surface area contributed by atoms with E-state index in [1.807, 2.05) is 0 Å². The van der Waals surface area contributed by atoms with E-state index < -0.39 is 17.3 Å². The standard InChI is InChI=1S/C18H21F3N4O2/c1-27-11-8-17(7-10-22-12-17)16(26)24-13-2-4-14(5-3-13)25-15(6-9-23-25)18(19,20)21/h2-6,9,22H,7-8,10-12H2,1H3,(H,24,26). The fraction of sp³-hybridized carbons (Fsp3) is 0.444. The van der Waals surface area contributed by atoms with Gasteiger partial charge in [-0.2, -0.15) is 18.3 Å². The number of hydrogen-bond donors (Lipinski definition) is 2. The molecular formula is C18H21F3N4O2. The van der Waals surface area contributed by atoms with Crippen molar-refractivity contribution in [2.45, 2.75) is 19.0 Å². The van der Waals surface area contributed by atoms with Gasteiger partial charge in [0.05, 0.1) is 17.3 Å². The van der Waals surface area contributed by atoms with E-state index in [1.54, 1.807) is 19.2 Å². The van der Waals surface area contributed by atoms with Crippen LogP contribution in [0.5, 0.6) is 0 Å². The molecule has 1 aromatic heterocycles. The number of ether oxygens (including phenoxy) is 1. The van der Waals surface area contributed by atoms with E-state index >= 15 is 0 Å². The van der Waals surface area contributed by atoms with Crippen LogP contribution in [0.2, 0.25) is 0 Å². The summed E-state index contributed by atoms with van der Waals surface area (Å²) >= 11 is 0. The van der Waals surface area contributed by atoms with Gasteiger partial charge in [0.1, 0.15) is 5.69 Å². The number of nitrogens with one attached hydrogen (secondary N) is 2. The molecule has 1 aliphatic heterocycles. The molecule has 146 valence electrons. The maximum atomic E-state index is 13.0. The van der Waals surface area contributed by atoms with Gasteiger partial charge in [0.25, 0.3) is 0 Å². The summed E-state index contributed by atoms with van der Waals surface area (Å²) in [6, 6.07) is 7.05. The summed E-state index contributed by atoms with van der Waals surface area (Å²) in [6.07, 6.45) is -2.08. The van der Waals surface area contributed by atoms with Crippen molar-refractivity contribution in [3.05, 3.63) is 42.2 Å². The summed E-state index contributed by atoms with van der Waals surface area (Å²) in [5, 5.41) is 9.81. The number of hydrogen-bond acceptors (Lipinski definition) is 4. The van der Waals surface area contributed by atoms with Crippen molar-refractivity contribution < 1.29 is 22.7 Å². The monoisotopic (exact) mass is 382 g/mol. The highest BCUT2D eigenvalue weighted by Crippen LogP contribution is 2.32. The highest BCUT2D eigenvalue weighted by atomic mass is 19.4. The maximum Gasteiger partial charge on any atom is 0.433 e. The van der Waals surface area contributed by atoms with Crippen LogP contribution in [0.1, 0.15) is 18.5 Å². The zero-order valence-electron chi connectivity index (χ0n) is 14.8. The predicted molar refractivity (Wildman–Crippen MR) is 93.6 cm³/mol. The summed E-state index contributed by atoms with van der Waals surface area (Å²) in [7, 11) is 1.59. The van der Waals surface area contributed by atoms with Gasteiger partial charge in [-0.15, -0.1) is 0 Å². The van der Waals surface area contributed by atoms with E-state index in [9.17, 15) is 18.0 Å². The molecule has 3 rings (SSSR count). The van der Waals surface area contributed by atoms with Crippen LogP contribution < -0.4 is 10.6 Å². The fourth-order valence-corrected chi connectivity index (χ4v) is 3.24. The molecular weight excluding hydrogens is 361 g/mol. The number of carbonyl (C=O) groups is 1.